The maximum Gasteiger partial charge on any atom is 0.269 e. The summed E-state index contributed by atoms with van der Waals surface area (Å²) in [6.45, 7) is 1.77. The van der Waals surface area contributed by atoms with E-state index in [-0.39, 0.29) is 23.2 Å². The molecule has 0 aliphatic carbocycles. The van der Waals surface area contributed by atoms with E-state index in [1.54, 1.807) is 29.8 Å². The standard InChI is InChI=1S/C17H18N4O5S/c1-12-10-16(20(19-12)15-8-9-27(25,26)11-15)18-17(22)7-4-13-2-5-14(6-3-13)21(23)24/h2-7,10,15H,8-9,11H2,1H3,(H,18,22)/b7-4+. The van der Waals surface area contributed by atoms with Crippen LogP contribution in [0.1, 0.15) is 23.7 Å². The zero-order valence-corrected chi connectivity index (χ0v) is 15.3. The molecule has 2 aromatic rings. The smallest absolute Gasteiger partial charge is 0.269 e. The lowest BCUT2D eigenvalue weighted by Gasteiger charge is -2.13. The van der Waals surface area contributed by atoms with Crippen LogP contribution < -0.4 is 5.32 Å². The molecule has 1 amide bonds. The van der Waals surface area contributed by atoms with E-state index in [9.17, 15) is 23.3 Å². The molecular formula is C17H18N4O5S. The van der Waals surface area contributed by atoms with Gasteiger partial charge in [0, 0.05) is 24.3 Å². The van der Waals surface area contributed by atoms with E-state index >= 15 is 0 Å². The molecule has 27 heavy (non-hydrogen) atoms. The fraction of sp³-hybridized carbons (Fsp3) is 0.294. The van der Waals surface area contributed by atoms with Gasteiger partial charge in [-0.2, -0.15) is 5.10 Å². The average Bonchev–Trinajstić information content (AvgIpc) is 3.15. The molecule has 10 heteroatoms. The van der Waals surface area contributed by atoms with Gasteiger partial charge in [0.15, 0.2) is 9.84 Å². The number of carbonyl (C=O) groups excluding carboxylic acids is 1. The lowest BCUT2D eigenvalue weighted by molar-refractivity contribution is -0.384. The zero-order chi connectivity index (χ0) is 19.6. The Labute approximate surface area is 155 Å². The summed E-state index contributed by atoms with van der Waals surface area (Å²) in [5.74, 6) is 0.155. The minimum absolute atomic E-state index is 0.00955. The van der Waals surface area contributed by atoms with Crippen molar-refractivity contribution in [1.82, 2.24) is 9.78 Å². The van der Waals surface area contributed by atoms with E-state index in [2.05, 4.69) is 10.4 Å². The number of aryl methyl sites for hydroxylation is 1. The molecular weight excluding hydrogens is 372 g/mol. The first-order chi connectivity index (χ1) is 12.7. The molecule has 1 atom stereocenters. The number of amides is 1. The molecule has 1 aromatic heterocycles. The van der Waals surface area contributed by atoms with Crippen molar-refractivity contribution >= 4 is 33.3 Å². The number of benzene rings is 1. The summed E-state index contributed by atoms with van der Waals surface area (Å²) in [5.41, 5.74) is 1.29. The lowest BCUT2D eigenvalue weighted by Crippen LogP contribution is -2.18. The van der Waals surface area contributed by atoms with Crippen LogP contribution in [-0.4, -0.2) is 40.5 Å². The Bertz CT molecular complexity index is 1010. The van der Waals surface area contributed by atoms with E-state index in [0.29, 0.717) is 23.5 Å². The van der Waals surface area contributed by atoms with Gasteiger partial charge in [0.1, 0.15) is 5.82 Å². The number of aromatic nitrogens is 2. The summed E-state index contributed by atoms with van der Waals surface area (Å²) in [7, 11) is -3.07. The minimum Gasteiger partial charge on any atom is -0.307 e. The van der Waals surface area contributed by atoms with Gasteiger partial charge in [0.25, 0.3) is 5.69 Å². The second-order valence-corrected chi connectivity index (χ2v) is 8.57. The highest BCUT2D eigenvalue weighted by atomic mass is 32.2. The van der Waals surface area contributed by atoms with Crippen molar-refractivity contribution in [2.24, 2.45) is 0 Å². The molecule has 1 aliphatic rings. The Morgan fingerprint density at radius 3 is 2.67 bits per heavy atom. The van der Waals surface area contributed by atoms with E-state index < -0.39 is 20.7 Å². The van der Waals surface area contributed by atoms with Crippen LogP contribution in [0.3, 0.4) is 0 Å². The number of anilines is 1. The van der Waals surface area contributed by atoms with Crippen molar-refractivity contribution in [2.75, 3.05) is 16.8 Å². The highest BCUT2D eigenvalue weighted by molar-refractivity contribution is 7.91. The number of rotatable bonds is 5. The summed E-state index contributed by atoms with van der Waals surface area (Å²) >= 11 is 0. The third-order valence-electron chi connectivity index (χ3n) is 4.19. The monoisotopic (exact) mass is 390 g/mol. The van der Waals surface area contributed by atoms with Crippen LogP contribution in [0.2, 0.25) is 0 Å². The van der Waals surface area contributed by atoms with Crippen LogP contribution in [0.4, 0.5) is 11.5 Å². The number of hydrogen-bond donors (Lipinski definition) is 1. The third kappa shape index (κ3) is 4.59. The van der Waals surface area contributed by atoms with Crippen LogP contribution in [0.5, 0.6) is 0 Å². The van der Waals surface area contributed by atoms with Gasteiger partial charge >= 0.3 is 0 Å². The SMILES string of the molecule is Cc1cc(NC(=O)/C=C/c2ccc([N+](=O)[O-])cc2)n(C2CCS(=O)(=O)C2)n1. The number of carbonyl (C=O) groups is 1. The number of nitrogens with zero attached hydrogens (tertiary/aromatic N) is 3. The average molecular weight is 390 g/mol. The fourth-order valence-electron chi connectivity index (χ4n) is 2.90. The van der Waals surface area contributed by atoms with Gasteiger partial charge < -0.3 is 5.32 Å². The van der Waals surface area contributed by atoms with Gasteiger partial charge in [-0.3, -0.25) is 14.9 Å². The van der Waals surface area contributed by atoms with Crippen molar-refractivity contribution in [1.29, 1.82) is 0 Å². The summed E-state index contributed by atoms with van der Waals surface area (Å²) in [6.07, 6.45) is 3.30. The molecule has 0 spiro atoms. The predicted octanol–water partition coefficient (Wildman–Crippen LogP) is 2.11. The second-order valence-electron chi connectivity index (χ2n) is 6.34. The molecule has 1 saturated heterocycles. The van der Waals surface area contributed by atoms with Crippen LogP contribution in [0, 0.1) is 17.0 Å². The van der Waals surface area contributed by atoms with Crippen molar-refractivity contribution in [3.05, 3.63) is 57.8 Å². The van der Waals surface area contributed by atoms with E-state index in [4.69, 9.17) is 0 Å². The Hall–Kier alpha value is -3.01. The minimum atomic E-state index is -3.07. The first kappa shape index (κ1) is 18.8. The molecule has 9 nitrogen and oxygen atoms in total. The quantitative estimate of drug-likeness (QED) is 0.474. The van der Waals surface area contributed by atoms with Gasteiger partial charge in [-0.1, -0.05) is 0 Å². The van der Waals surface area contributed by atoms with Crippen LogP contribution in [0.15, 0.2) is 36.4 Å². The van der Waals surface area contributed by atoms with Crippen LogP contribution in [-0.2, 0) is 14.6 Å². The molecule has 0 radical (unpaired) electrons. The van der Waals surface area contributed by atoms with Gasteiger partial charge in [-0.05, 0) is 37.1 Å². The predicted molar refractivity (Wildman–Crippen MR) is 100 cm³/mol. The van der Waals surface area contributed by atoms with Crippen molar-refractivity contribution in [3.8, 4) is 0 Å². The largest absolute Gasteiger partial charge is 0.307 e. The molecule has 142 valence electrons. The summed E-state index contributed by atoms with van der Waals surface area (Å²) < 4.78 is 24.9. The molecule has 3 rings (SSSR count). The van der Waals surface area contributed by atoms with Gasteiger partial charge in [0.05, 0.1) is 28.2 Å². The van der Waals surface area contributed by atoms with Crippen molar-refractivity contribution < 1.29 is 18.1 Å². The Kier molecular flexibility index (Phi) is 5.08. The molecule has 1 unspecified atom stereocenters. The number of nitro groups is 1. The number of sulfone groups is 1. The normalized spacial score (nSPS) is 18.6. The molecule has 2 heterocycles. The molecule has 0 saturated carbocycles. The van der Waals surface area contributed by atoms with Gasteiger partial charge in [0.2, 0.25) is 5.91 Å². The molecule has 0 bridgehead atoms. The summed E-state index contributed by atoms with van der Waals surface area (Å²) in [4.78, 5) is 22.3. The molecule has 1 N–H and O–H groups in total. The second kappa shape index (κ2) is 7.31. The van der Waals surface area contributed by atoms with Gasteiger partial charge in [-0.25, -0.2) is 13.1 Å². The van der Waals surface area contributed by atoms with Crippen LogP contribution >= 0.6 is 0 Å². The highest BCUT2D eigenvalue weighted by Gasteiger charge is 2.31. The maximum atomic E-state index is 12.2. The molecule has 1 fully saturated rings. The maximum absolute atomic E-state index is 12.2. The number of hydrogen-bond acceptors (Lipinski definition) is 6. The Balaban J connectivity index is 1.70. The molecule has 1 aromatic carbocycles. The zero-order valence-electron chi connectivity index (χ0n) is 14.5. The molecule has 1 aliphatic heterocycles. The first-order valence-electron chi connectivity index (χ1n) is 8.23. The first-order valence-corrected chi connectivity index (χ1v) is 10.1. The third-order valence-corrected chi connectivity index (χ3v) is 5.94. The number of nitro benzene ring substituents is 1. The summed E-state index contributed by atoms with van der Waals surface area (Å²) in [5, 5.41) is 17.7. The van der Waals surface area contributed by atoms with Crippen LogP contribution in [0.25, 0.3) is 6.08 Å². The fourth-order valence-corrected chi connectivity index (χ4v) is 4.60. The van der Waals surface area contributed by atoms with E-state index in [0.717, 1.165) is 0 Å². The summed E-state index contributed by atoms with van der Waals surface area (Å²) in [6, 6.07) is 7.19. The Morgan fingerprint density at radius 1 is 1.37 bits per heavy atom. The number of nitrogens with one attached hydrogen (secondary N) is 1. The van der Waals surface area contributed by atoms with Crippen molar-refractivity contribution in [2.45, 2.75) is 19.4 Å². The number of non-ortho nitro benzene ring substituents is 1. The lowest BCUT2D eigenvalue weighted by atomic mass is 10.2. The highest BCUT2D eigenvalue weighted by Crippen LogP contribution is 2.27. The van der Waals surface area contributed by atoms with Crippen molar-refractivity contribution in [3.63, 3.8) is 0 Å². The van der Waals surface area contributed by atoms with E-state index in [1.165, 1.54) is 24.3 Å². The van der Waals surface area contributed by atoms with Gasteiger partial charge in [-0.15, -0.1) is 0 Å². The van der Waals surface area contributed by atoms with E-state index in [1.807, 2.05) is 0 Å². The topological polar surface area (TPSA) is 124 Å². The Morgan fingerprint density at radius 2 is 2.07 bits per heavy atom.